The second kappa shape index (κ2) is 4.44. The van der Waals surface area contributed by atoms with Crippen molar-refractivity contribution < 1.29 is 9.59 Å². The van der Waals surface area contributed by atoms with Gasteiger partial charge in [0.1, 0.15) is 0 Å². The molecule has 0 aromatic rings. The number of hydrogen-bond donors (Lipinski definition) is 0. The normalized spacial score (nSPS) is 22.4. The van der Waals surface area contributed by atoms with Gasteiger partial charge in [-0.25, -0.2) is 0 Å². The number of likely N-dealkylation sites (tertiary alicyclic amines) is 1. The monoisotopic (exact) mass is 198 g/mol. The first kappa shape index (κ1) is 11.0. The number of carbonyl (C=O) groups is 2. The van der Waals surface area contributed by atoms with Crippen LogP contribution in [-0.4, -0.2) is 48.8 Å². The van der Waals surface area contributed by atoms with Crippen LogP contribution in [0.1, 0.15) is 19.8 Å². The summed E-state index contributed by atoms with van der Waals surface area (Å²) >= 11 is 0. The zero-order valence-electron chi connectivity index (χ0n) is 9.12. The Balaban J connectivity index is 2.40. The summed E-state index contributed by atoms with van der Waals surface area (Å²) in [4.78, 5) is 25.8. The molecule has 1 heterocycles. The van der Waals surface area contributed by atoms with Crippen molar-refractivity contribution in [3.8, 4) is 0 Å². The third-order valence-corrected chi connectivity index (χ3v) is 2.83. The Morgan fingerprint density at radius 1 is 1.64 bits per heavy atom. The molecule has 1 fully saturated rings. The molecule has 2 amide bonds. The Hall–Kier alpha value is -1.06. The van der Waals surface area contributed by atoms with Gasteiger partial charge in [-0.3, -0.25) is 9.59 Å². The summed E-state index contributed by atoms with van der Waals surface area (Å²) < 4.78 is 0. The lowest BCUT2D eigenvalue weighted by molar-refractivity contribution is -0.135. The summed E-state index contributed by atoms with van der Waals surface area (Å²) in [5.74, 6) is 0.599. The topological polar surface area (TPSA) is 40.6 Å². The lowest BCUT2D eigenvalue weighted by atomic mass is 9.96. The van der Waals surface area contributed by atoms with Crippen LogP contribution in [0.15, 0.2) is 0 Å². The fourth-order valence-corrected chi connectivity index (χ4v) is 1.68. The largest absolute Gasteiger partial charge is 0.346 e. The summed E-state index contributed by atoms with van der Waals surface area (Å²) in [5.41, 5.74) is 0. The molecule has 0 aromatic heterocycles. The van der Waals surface area contributed by atoms with Crippen molar-refractivity contribution in [2.24, 2.45) is 5.92 Å². The van der Waals surface area contributed by atoms with E-state index < -0.39 is 0 Å². The molecule has 1 atom stereocenters. The van der Waals surface area contributed by atoms with Crippen LogP contribution in [0.4, 0.5) is 0 Å². The van der Waals surface area contributed by atoms with Crippen molar-refractivity contribution in [3.05, 3.63) is 0 Å². The van der Waals surface area contributed by atoms with E-state index in [1.807, 2.05) is 7.05 Å². The molecule has 4 heteroatoms. The molecule has 1 aliphatic heterocycles. The second-order valence-electron chi connectivity index (χ2n) is 4.07. The minimum Gasteiger partial charge on any atom is -0.346 e. The van der Waals surface area contributed by atoms with Crippen LogP contribution < -0.4 is 0 Å². The Kier molecular flexibility index (Phi) is 3.49. The number of nitrogens with zero attached hydrogens (tertiary/aromatic N) is 2. The molecular weight excluding hydrogens is 180 g/mol. The van der Waals surface area contributed by atoms with Gasteiger partial charge in [0.25, 0.3) is 0 Å². The highest BCUT2D eigenvalue weighted by molar-refractivity contribution is 5.77. The minimum atomic E-state index is 0.0661. The van der Waals surface area contributed by atoms with E-state index in [0.717, 1.165) is 13.0 Å². The Bertz CT molecular complexity index is 240. The van der Waals surface area contributed by atoms with Gasteiger partial charge < -0.3 is 9.80 Å². The molecule has 0 saturated carbocycles. The Morgan fingerprint density at radius 2 is 2.29 bits per heavy atom. The van der Waals surface area contributed by atoms with Crippen LogP contribution in [-0.2, 0) is 9.59 Å². The Labute approximate surface area is 84.9 Å². The maximum Gasteiger partial charge on any atom is 0.222 e. The SMILES string of the molecule is CC(=O)N(C)CC1CCN(C)C(=O)C1. The zero-order chi connectivity index (χ0) is 10.7. The molecule has 14 heavy (non-hydrogen) atoms. The van der Waals surface area contributed by atoms with Crippen molar-refractivity contribution in [2.75, 3.05) is 27.2 Å². The summed E-state index contributed by atoms with van der Waals surface area (Å²) in [5, 5.41) is 0. The van der Waals surface area contributed by atoms with Crippen molar-refractivity contribution >= 4 is 11.8 Å². The maximum absolute atomic E-state index is 11.4. The maximum atomic E-state index is 11.4. The number of hydrogen-bond acceptors (Lipinski definition) is 2. The highest BCUT2D eigenvalue weighted by Crippen LogP contribution is 2.17. The van der Waals surface area contributed by atoms with E-state index >= 15 is 0 Å². The molecule has 0 aliphatic carbocycles. The van der Waals surface area contributed by atoms with E-state index in [-0.39, 0.29) is 11.8 Å². The quantitative estimate of drug-likeness (QED) is 0.641. The first-order valence-corrected chi connectivity index (χ1v) is 4.96. The molecule has 1 rings (SSSR count). The second-order valence-corrected chi connectivity index (χ2v) is 4.07. The smallest absolute Gasteiger partial charge is 0.222 e. The van der Waals surface area contributed by atoms with Crippen molar-refractivity contribution in [1.82, 2.24) is 9.80 Å². The number of carbonyl (C=O) groups excluding carboxylic acids is 2. The van der Waals surface area contributed by atoms with Crippen molar-refractivity contribution in [2.45, 2.75) is 19.8 Å². The molecular formula is C10H18N2O2. The average Bonchev–Trinajstić information content (AvgIpc) is 2.11. The van der Waals surface area contributed by atoms with Gasteiger partial charge in [0, 0.05) is 40.5 Å². The van der Waals surface area contributed by atoms with Gasteiger partial charge in [0.2, 0.25) is 11.8 Å². The molecule has 0 radical (unpaired) electrons. The lowest BCUT2D eigenvalue weighted by Gasteiger charge is -2.31. The van der Waals surface area contributed by atoms with E-state index in [9.17, 15) is 9.59 Å². The van der Waals surface area contributed by atoms with Gasteiger partial charge in [-0.15, -0.1) is 0 Å². The van der Waals surface area contributed by atoms with Crippen LogP contribution >= 0.6 is 0 Å². The molecule has 80 valence electrons. The third-order valence-electron chi connectivity index (χ3n) is 2.83. The van der Waals surface area contributed by atoms with E-state index in [1.165, 1.54) is 0 Å². The molecule has 0 aromatic carbocycles. The highest BCUT2D eigenvalue weighted by atomic mass is 16.2. The van der Waals surface area contributed by atoms with E-state index in [1.54, 1.807) is 23.8 Å². The first-order valence-electron chi connectivity index (χ1n) is 4.96. The van der Waals surface area contributed by atoms with Crippen LogP contribution in [0.5, 0.6) is 0 Å². The van der Waals surface area contributed by atoms with Gasteiger partial charge >= 0.3 is 0 Å². The molecule has 0 spiro atoms. The minimum absolute atomic E-state index is 0.0661. The standard InChI is InChI=1S/C10H18N2O2/c1-8(13)12(3)7-9-4-5-11(2)10(14)6-9/h9H,4-7H2,1-3H3. The van der Waals surface area contributed by atoms with E-state index in [2.05, 4.69) is 0 Å². The number of piperidine rings is 1. The van der Waals surface area contributed by atoms with Crippen LogP contribution in [0.2, 0.25) is 0 Å². The summed E-state index contributed by atoms with van der Waals surface area (Å²) in [6, 6.07) is 0. The zero-order valence-corrected chi connectivity index (χ0v) is 9.12. The van der Waals surface area contributed by atoms with Crippen LogP contribution in [0.3, 0.4) is 0 Å². The van der Waals surface area contributed by atoms with Crippen molar-refractivity contribution in [1.29, 1.82) is 0 Å². The molecule has 1 aliphatic rings. The number of amides is 2. The summed E-state index contributed by atoms with van der Waals surface area (Å²) in [7, 11) is 3.61. The van der Waals surface area contributed by atoms with Gasteiger partial charge in [0.05, 0.1) is 0 Å². The molecule has 1 saturated heterocycles. The molecule has 4 nitrogen and oxygen atoms in total. The van der Waals surface area contributed by atoms with Gasteiger partial charge in [0.15, 0.2) is 0 Å². The Morgan fingerprint density at radius 3 is 2.79 bits per heavy atom. The highest BCUT2D eigenvalue weighted by Gasteiger charge is 2.24. The fraction of sp³-hybridized carbons (Fsp3) is 0.800. The lowest BCUT2D eigenvalue weighted by Crippen LogP contribution is -2.40. The molecule has 0 N–H and O–H groups in total. The first-order chi connectivity index (χ1) is 6.50. The van der Waals surface area contributed by atoms with Crippen LogP contribution in [0.25, 0.3) is 0 Å². The van der Waals surface area contributed by atoms with Gasteiger partial charge in [-0.2, -0.15) is 0 Å². The van der Waals surface area contributed by atoms with Crippen molar-refractivity contribution in [3.63, 3.8) is 0 Å². The van der Waals surface area contributed by atoms with E-state index in [4.69, 9.17) is 0 Å². The third kappa shape index (κ3) is 2.72. The molecule has 0 bridgehead atoms. The average molecular weight is 198 g/mol. The summed E-state index contributed by atoms with van der Waals surface area (Å²) in [6.07, 6.45) is 1.58. The fourth-order valence-electron chi connectivity index (χ4n) is 1.68. The van der Waals surface area contributed by atoms with E-state index in [0.29, 0.717) is 18.9 Å². The van der Waals surface area contributed by atoms with Gasteiger partial charge in [-0.1, -0.05) is 0 Å². The van der Waals surface area contributed by atoms with Gasteiger partial charge in [-0.05, 0) is 12.3 Å². The predicted molar refractivity (Wildman–Crippen MR) is 53.7 cm³/mol. The predicted octanol–water partition coefficient (Wildman–Crippen LogP) is 0.333. The number of rotatable bonds is 2. The van der Waals surface area contributed by atoms with Crippen LogP contribution in [0, 0.1) is 5.92 Å². The summed E-state index contributed by atoms with van der Waals surface area (Å²) in [6.45, 7) is 3.07. The molecule has 1 unspecified atom stereocenters.